The lowest BCUT2D eigenvalue weighted by atomic mass is 9.99. The molecule has 0 amide bonds. The Morgan fingerprint density at radius 1 is 1.29 bits per heavy atom. The summed E-state index contributed by atoms with van der Waals surface area (Å²) >= 11 is 0. The van der Waals surface area contributed by atoms with Gasteiger partial charge >= 0.3 is 0 Å². The second-order valence-corrected chi connectivity index (χ2v) is 3.87. The summed E-state index contributed by atoms with van der Waals surface area (Å²) < 4.78 is 10.6. The molecule has 0 N–H and O–H groups in total. The fourth-order valence-corrected chi connectivity index (χ4v) is 1.61. The predicted octanol–water partition coefficient (Wildman–Crippen LogP) is 2.78. The molecule has 17 heavy (non-hydrogen) atoms. The molecular weight excluding hydrogens is 214 g/mol. The van der Waals surface area contributed by atoms with E-state index in [1.54, 1.807) is 7.11 Å². The lowest BCUT2D eigenvalue weighted by molar-refractivity contribution is 0.116. The highest BCUT2D eigenvalue weighted by Crippen LogP contribution is 2.26. The van der Waals surface area contributed by atoms with Gasteiger partial charge in [-0.1, -0.05) is 5.92 Å². The van der Waals surface area contributed by atoms with Crippen molar-refractivity contribution in [1.29, 1.82) is 0 Å². The van der Waals surface area contributed by atoms with Crippen molar-refractivity contribution in [3.63, 3.8) is 0 Å². The van der Waals surface area contributed by atoms with Gasteiger partial charge in [0.25, 0.3) is 0 Å². The third kappa shape index (κ3) is 2.42. The Morgan fingerprint density at radius 2 is 2.00 bits per heavy atom. The highest BCUT2D eigenvalue weighted by molar-refractivity contribution is 5.87. The van der Waals surface area contributed by atoms with E-state index in [9.17, 15) is 0 Å². The molecule has 0 saturated carbocycles. The van der Waals surface area contributed by atoms with E-state index in [-0.39, 0.29) is 12.0 Å². The van der Waals surface area contributed by atoms with Crippen LogP contribution < -0.4 is 4.74 Å². The van der Waals surface area contributed by atoms with Gasteiger partial charge in [-0.3, -0.25) is 0 Å². The zero-order valence-corrected chi connectivity index (χ0v) is 10.2. The molecule has 1 fully saturated rings. The number of nitrogens with zero attached hydrogens (tertiary/aromatic N) is 1. The topological polar surface area (TPSA) is 30.8 Å². The second-order valence-electron chi connectivity index (χ2n) is 3.87. The zero-order chi connectivity index (χ0) is 12.3. The predicted molar refractivity (Wildman–Crippen MR) is 67.6 cm³/mol. The van der Waals surface area contributed by atoms with Gasteiger partial charge in [-0.2, -0.15) is 0 Å². The van der Waals surface area contributed by atoms with Crippen molar-refractivity contribution >= 4 is 11.6 Å². The maximum Gasteiger partial charge on any atom is 0.197 e. The summed E-state index contributed by atoms with van der Waals surface area (Å²) in [5, 5.41) is 0. The average molecular weight is 229 g/mol. The maximum atomic E-state index is 5.50. The van der Waals surface area contributed by atoms with Crippen LogP contribution in [0, 0.1) is 17.8 Å². The van der Waals surface area contributed by atoms with Crippen molar-refractivity contribution in [3.8, 4) is 17.6 Å². The molecule has 1 aliphatic rings. The molecular formula is C14H15NO2. The van der Waals surface area contributed by atoms with Crippen LogP contribution in [-0.4, -0.2) is 19.1 Å². The van der Waals surface area contributed by atoms with Gasteiger partial charge in [0.1, 0.15) is 5.75 Å². The summed E-state index contributed by atoms with van der Waals surface area (Å²) in [4.78, 5) is 4.42. The van der Waals surface area contributed by atoms with E-state index in [1.165, 1.54) is 0 Å². The zero-order valence-electron chi connectivity index (χ0n) is 10.2. The number of hydrogen-bond acceptors (Lipinski definition) is 3. The first kappa shape index (κ1) is 11.5. The van der Waals surface area contributed by atoms with Gasteiger partial charge in [0.15, 0.2) is 12.0 Å². The van der Waals surface area contributed by atoms with Crippen LogP contribution in [0.25, 0.3) is 0 Å². The van der Waals surface area contributed by atoms with Crippen LogP contribution in [-0.2, 0) is 4.74 Å². The van der Waals surface area contributed by atoms with E-state index in [2.05, 4.69) is 23.8 Å². The Morgan fingerprint density at radius 3 is 2.53 bits per heavy atom. The van der Waals surface area contributed by atoms with Crippen molar-refractivity contribution in [2.45, 2.75) is 20.0 Å². The van der Waals surface area contributed by atoms with Gasteiger partial charge in [0.2, 0.25) is 0 Å². The first-order valence-corrected chi connectivity index (χ1v) is 5.56. The van der Waals surface area contributed by atoms with E-state index in [0.717, 1.165) is 17.3 Å². The summed E-state index contributed by atoms with van der Waals surface area (Å²) in [6.45, 7) is 3.88. The minimum absolute atomic E-state index is 0.00278. The molecule has 1 aromatic carbocycles. The Labute approximate surface area is 101 Å². The lowest BCUT2D eigenvalue weighted by Gasteiger charge is -2.32. The molecule has 0 bridgehead atoms. The number of methoxy groups -OCH3 is 1. The van der Waals surface area contributed by atoms with Crippen LogP contribution in [0.15, 0.2) is 29.3 Å². The van der Waals surface area contributed by atoms with E-state index in [0.29, 0.717) is 0 Å². The molecule has 1 heterocycles. The molecule has 0 radical (unpaired) electrons. The lowest BCUT2D eigenvalue weighted by Crippen LogP contribution is -2.42. The van der Waals surface area contributed by atoms with Crippen molar-refractivity contribution in [2.24, 2.45) is 10.9 Å². The molecule has 88 valence electrons. The first-order chi connectivity index (χ1) is 8.24. The van der Waals surface area contributed by atoms with Crippen LogP contribution in [0.4, 0.5) is 5.69 Å². The standard InChI is InChI=1S/C14H15NO2/c1-4-5-13-10(2)14(17-13)15-11-6-8-12(16-3)9-7-11/h6-10,13H,1-3H3/t10-,13-/m0/s1. The van der Waals surface area contributed by atoms with Gasteiger partial charge in [0, 0.05) is 0 Å². The summed E-state index contributed by atoms with van der Waals surface area (Å²) in [6.07, 6.45) is -0.00278. The molecule has 3 nitrogen and oxygen atoms in total. The molecule has 0 unspecified atom stereocenters. The van der Waals surface area contributed by atoms with Gasteiger partial charge < -0.3 is 9.47 Å². The Bertz CT molecular complexity index is 479. The normalized spacial score (nSPS) is 24.3. The van der Waals surface area contributed by atoms with Gasteiger partial charge in [-0.15, -0.1) is 5.92 Å². The first-order valence-electron chi connectivity index (χ1n) is 5.56. The second kappa shape index (κ2) is 4.92. The molecule has 3 heteroatoms. The van der Waals surface area contributed by atoms with Gasteiger partial charge in [-0.05, 0) is 38.1 Å². The fourth-order valence-electron chi connectivity index (χ4n) is 1.61. The number of rotatable bonds is 2. The molecule has 2 rings (SSSR count). The summed E-state index contributed by atoms with van der Waals surface area (Å²) in [5.41, 5.74) is 0.871. The van der Waals surface area contributed by atoms with E-state index in [4.69, 9.17) is 9.47 Å². The van der Waals surface area contributed by atoms with Crippen LogP contribution in [0.5, 0.6) is 5.75 Å². The van der Waals surface area contributed by atoms with E-state index in [1.807, 2.05) is 31.2 Å². The summed E-state index contributed by atoms with van der Waals surface area (Å²) in [7, 11) is 1.64. The molecule has 2 atom stereocenters. The summed E-state index contributed by atoms with van der Waals surface area (Å²) in [5.74, 6) is 7.69. The maximum absolute atomic E-state index is 5.50. The number of benzene rings is 1. The Hall–Kier alpha value is -1.95. The highest BCUT2D eigenvalue weighted by Gasteiger charge is 2.35. The Kier molecular flexibility index (Phi) is 3.34. The van der Waals surface area contributed by atoms with Gasteiger partial charge in [0.05, 0.1) is 18.7 Å². The third-order valence-electron chi connectivity index (χ3n) is 2.69. The van der Waals surface area contributed by atoms with Crippen molar-refractivity contribution in [1.82, 2.24) is 0 Å². The van der Waals surface area contributed by atoms with E-state index >= 15 is 0 Å². The molecule has 1 saturated heterocycles. The smallest absolute Gasteiger partial charge is 0.197 e. The van der Waals surface area contributed by atoms with Gasteiger partial charge in [-0.25, -0.2) is 4.99 Å². The quantitative estimate of drug-likeness (QED) is 0.730. The number of hydrogen-bond donors (Lipinski definition) is 0. The van der Waals surface area contributed by atoms with Crippen molar-refractivity contribution in [3.05, 3.63) is 24.3 Å². The Balaban J connectivity index is 2.07. The van der Waals surface area contributed by atoms with Crippen LogP contribution in [0.3, 0.4) is 0 Å². The van der Waals surface area contributed by atoms with Crippen molar-refractivity contribution in [2.75, 3.05) is 7.11 Å². The largest absolute Gasteiger partial charge is 0.497 e. The molecule has 0 spiro atoms. The molecule has 1 aromatic rings. The average Bonchev–Trinajstić information content (AvgIpc) is 2.38. The van der Waals surface area contributed by atoms with Crippen molar-refractivity contribution < 1.29 is 9.47 Å². The van der Waals surface area contributed by atoms with E-state index < -0.39 is 0 Å². The fraction of sp³-hybridized carbons (Fsp3) is 0.357. The SMILES string of the molecule is CC#C[C@@H]1OC(=Nc2ccc(OC)cc2)[C@H]1C. The van der Waals surface area contributed by atoms with Crippen LogP contribution in [0.2, 0.25) is 0 Å². The number of ether oxygens (including phenoxy) is 2. The van der Waals surface area contributed by atoms with Crippen LogP contribution in [0.1, 0.15) is 13.8 Å². The minimum atomic E-state index is -0.00278. The number of aliphatic imine (C=N–C) groups is 1. The highest BCUT2D eigenvalue weighted by atomic mass is 16.5. The molecule has 0 aliphatic carbocycles. The minimum Gasteiger partial charge on any atom is -0.497 e. The third-order valence-corrected chi connectivity index (χ3v) is 2.69. The van der Waals surface area contributed by atoms with Crippen LogP contribution >= 0.6 is 0 Å². The molecule has 0 aromatic heterocycles. The summed E-state index contributed by atoms with van der Waals surface area (Å²) in [6, 6.07) is 7.57. The monoisotopic (exact) mass is 229 g/mol. The molecule has 1 aliphatic heterocycles.